The Labute approximate surface area is 269 Å². The van der Waals surface area contributed by atoms with Gasteiger partial charge in [0.2, 0.25) is 5.91 Å². The molecule has 244 valence electrons. The second-order valence-electron chi connectivity index (χ2n) is 10.3. The van der Waals surface area contributed by atoms with Crippen molar-refractivity contribution in [3.05, 3.63) is 78.1 Å². The van der Waals surface area contributed by atoms with Crippen LogP contribution in [0.2, 0.25) is 5.02 Å². The van der Waals surface area contributed by atoms with Gasteiger partial charge < -0.3 is 29.9 Å². The number of allylic oxidation sites excluding steroid dienone is 1. The zero-order valence-electron chi connectivity index (χ0n) is 27.2. The van der Waals surface area contributed by atoms with E-state index in [1.165, 1.54) is 7.11 Å². The zero-order chi connectivity index (χ0) is 32.9. The molecule has 1 aromatic rings. The second kappa shape index (κ2) is 22.0. The lowest BCUT2D eigenvalue weighted by molar-refractivity contribution is -0.124. The molecule has 2 amide bonds. The highest BCUT2D eigenvalue weighted by Crippen LogP contribution is 2.32. The summed E-state index contributed by atoms with van der Waals surface area (Å²) in [6.45, 7) is 19.8. The Balaban J connectivity index is 0.000000546. The van der Waals surface area contributed by atoms with Crippen LogP contribution in [0.15, 0.2) is 67.0 Å². The maximum absolute atomic E-state index is 12.3. The Morgan fingerprint density at radius 3 is 2.48 bits per heavy atom. The summed E-state index contributed by atoms with van der Waals surface area (Å²) in [5.41, 5.74) is 2.14. The molecule has 0 saturated carbocycles. The largest absolute Gasteiger partial charge is 0.447 e. The molecule has 44 heavy (non-hydrogen) atoms. The van der Waals surface area contributed by atoms with Gasteiger partial charge in [-0.25, -0.2) is 9.79 Å². The van der Waals surface area contributed by atoms with Gasteiger partial charge in [0.1, 0.15) is 6.61 Å². The third kappa shape index (κ3) is 14.2. The molecule has 2 N–H and O–H groups in total. The Kier molecular flexibility index (Phi) is 19.2. The predicted molar refractivity (Wildman–Crippen MR) is 182 cm³/mol. The molecular formula is C33H51ClN6O4. The van der Waals surface area contributed by atoms with Crippen molar-refractivity contribution in [2.24, 2.45) is 4.99 Å². The molecule has 2 unspecified atom stereocenters. The molecule has 1 fully saturated rings. The highest BCUT2D eigenvalue weighted by atomic mass is 35.5. The van der Waals surface area contributed by atoms with Crippen molar-refractivity contribution in [1.29, 1.82) is 0 Å². The van der Waals surface area contributed by atoms with E-state index in [0.29, 0.717) is 24.7 Å². The summed E-state index contributed by atoms with van der Waals surface area (Å²) in [7, 11) is 3.43. The molecule has 1 aromatic carbocycles. The first-order valence-electron chi connectivity index (χ1n) is 14.9. The SMILES string of the molecule is C=CNC(/C=C\C)C(c1ccc(Cl)cc1C=C)N1CCN(C(=O)OC(C)C)CC1.CCN(C)C=N/C=C/CNC(=O)COC. The molecule has 2 rings (SSSR count). The van der Waals surface area contributed by atoms with E-state index in [2.05, 4.69) is 50.6 Å². The number of nitrogens with zero attached hydrogens (tertiary/aromatic N) is 4. The van der Waals surface area contributed by atoms with Gasteiger partial charge in [-0.1, -0.05) is 49.1 Å². The number of carbonyl (C=O) groups is 2. The molecule has 1 saturated heterocycles. The van der Waals surface area contributed by atoms with Gasteiger partial charge in [0.15, 0.2) is 0 Å². The number of hydrogen-bond donors (Lipinski definition) is 2. The van der Waals surface area contributed by atoms with Crippen LogP contribution in [0.3, 0.4) is 0 Å². The normalized spacial score (nSPS) is 15.1. The second-order valence-corrected chi connectivity index (χ2v) is 10.7. The lowest BCUT2D eigenvalue weighted by Gasteiger charge is -2.42. The molecule has 2 atom stereocenters. The first-order valence-corrected chi connectivity index (χ1v) is 15.2. The van der Waals surface area contributed by atoms with Crippen LogP contribution in [0.5, 0.6) is 0 Å². The highest BCUT2D eigenvalue weighted by molar-refractivity contribution is 6.30. The standard InChI is InChI=1S/C23H32ClN3O2.C10H19N3O2/c1-6-9-21(25-8-3)22(20-11-10-19(24)16-18(20)7-2)26-12-14-27(15-13-26)23(28)29-17(4)5;1-4-13(2)9-11-6-5-7-12-10(14)8-15-3/h6-11,16-17,21-22,25H,2-3,12-15H2,1,4-5H3;5-6,9H,4,7-8H2,1-3H3,(H,12,14)/b9-6-;6-5+,11-9?. The molecule has 0 radical (unpaired) electrons. The average Bonchev–Trinajstić information content (AvgIpc) is 3.00. The molecule has 1 aliphatic rings. The third-order valence-corrected chi connectivity index (χ3v) is 6.82. The fourth-order valence-electron chi connectivity index (χ4n) is 4.37. The summed E-state index contributed by atoms with van der Waals surface area (Å²) in [4.78, 5) is 33.3. The van der Waals surface area contributed by atoms with Crippen LogP contribution in [-0.2, 0) is 14.3 Å². The van der Waals surface area contributed by atoms with Gasteiger partial charge in [0, 0.05) is 64.6 Å². The van der Waals surface area contributed by atoms with Crippen molar-refractivity contribution in [1.82, 2.24) is 25.3 Å². The minimum atomic E-state index is -0.247. The fourth-order valence-corrected chi connectivity index (χ4v) is 4.55. The molecule has 0 bridgehead atoms. The Bertz CT molecular complexity index is 1120. The summed E-state index contributed by atoms with van der Waals surface area (Å²) >= 11 is 6.22. The maximum Gasteiger partial charge on any atom is 0.410 e. The predicted octanol–water partition coefficient (Wildman–Crippen LogP) is 5.11. The third-order valence-electron chi connectivity index (χ3n) is 6.59. The molecule has 0 spiro atoms. The topological polar surface area (TPSA) is 98.7 Å². The van der Waals surface area contributed by atoms with Gasteiger partial charge >= 0.3 is 6.09 Å². The van der Waals surface area contributed by atoms with Crippen LogP contribution in [0.4, 0.5) is 4.79 Å². The Morgan fingerprint density at radius 1 is 1.20 bits per heavy atom. The summed E-state index contributed by atoms with van der Waals surface area (Å²) in [6.07, 6.45) is 12.5. The van der Waals surface area contributed by atoms with Crippen molar-refractivity contribution in [2.45, 2.75) is 45.9 Å². The van der Waals surface area contributed by atoms with Gasteiger partial charge in [-0.05, 0) is 63.2 Å². The Morgan fingerprint density at radius 2 is 1.91 bits per heavy atom. The van der Waals surface area contributed by atoms with Gasteiger partial charge in [-0.3, -0.25) is 9.69 Å². The van der Waals surface area contributed by atoms with Gasteiger partial charge in [0.25, 0.3) is 0 Å². The summed E-state index contributed by atoms with van der Waals surface area (Å²) in [5.74, 6) is -0.128. The summed E-state index contributed by atoms with van der Waals surface area (Å²) < 4.78 is 10.0. The zero-order valence-corrected chi connectivity index (χ0v) is 27.9. The summed E-state index contributed by atoms with van der Waals surface area (Å²) in [5, 5.41) is 6.70. The number of hydrogen-bond acceptors (Lipinski definition) is 7. The molecule has 11 heteroatoms. The number of methoxy groups -OCH3 is 1. The van der Waals surface area contributed by atoms with Gasteiger partial charge in [0.05, 0.1) is 24.5 Å². The number of benzene rings is 1. The van der Waals surface area contributed by atoms with E-state index in [1.807, 2.05) is 63.9 Å². The van der Waals surface area contributed by atoms with Gasteiger partial charge in [-0.15, -0.1) is 0 Å². The molecule has 0 aromatic heterocycles. The minimum absolute atomic E-state index is 0.0199. The number of nitrogens with one attached hydrogen (secondary N) is 2. The van der Waals surface area contributed by atoms with E-state index in [0.717, 1.165) is 30.8 Å². The minimum Gasteiger partial charge on any atom is -0.447 e. The van der Waals surface area contributed by atoms with E-state index in [-0.39, 0.29) is 36.8 Å². The molecular weight excluding hydrogens is 580 g/mol. The van der Waals surface area contributed by atoms with E-state index in [4.69, 9.17) is 16.3 Å². The van der Waals surface area contributed by atoms with Crippen molar-refractivity contribution in [3.8, 4) is 0 Å². The molecule has 10 nitrogen and oxygen atoms in total. The number of aliphatic imine (C=N–C) groups is 1. The van der Waals surface area contributed by atoms with E-state index in [1.54, 1.807) is 29.7 Å². The first kappa shape index (κ1) is 38.4. The van der Waals surface area contributed by atoms with Crippen molar-refractivity contribution in [2.75, 3.05) is 60.0 Å². The highest BCUT2D eigenvalue weighted by Gasteiger charge is 2.32. The molecule has 0 aliphatic carbocycles. The lowest BCUT2D eigenvalue weighted by atomic mass is 9.92. The number of rotatable bonds is 15. The Hall–Kier alpha value is -3.60. The van der Waals surface area contributed by atoms with Crippen molar-refractivity contribution >= 4 is 36.0 Å². The van der Waals surface area contributed by atoms with E-state index >= 15 is 0 Å². The van der Waals surface area contributed by atoms with Gasteiger partial charge in [-0.2, -0.15) is 0 Å². The molecule has 1 aliphatic heterocycles. The van der Waals surface area contributed by atoms with Crippen LogP contribution >= 0.6 is 11.6 Å². The van der Waals surface area contributed by atoms with Crippen LogP contribution in [0, 0.1) is 0 Å². The van der Waals surface area contributed by atoms with Crippen molar-refractivity contribution in [3.63, 3.8) is 0 Å². The van der Waals surface area contributed by atoms with Crippen LogP contribution in [0.25, 0.3) is 6.08 Å². The first-order chi connectivity index (χ1) is 21.1. The number of carbonyl (C=O) groups excluding carboxylic acids is 2. The van der Waals surface area contributed by atoms with Crippen LogP contribution in [-0.4, -0.2) is 105 Å². The number of piperazine rings is 1. The quantitative estimate of drug-likeness (QED) is 0.158. The number of amides is 2. The van der Waals surface area contributed by atoms with E-state index in [9.17, 15) is 9.59 Å². The fraction of sp³-hybridized carbons (Fsp3) is 0.485. The maximum atomic E-state index is 12.3. The number of ether oxygens (including phenoxy) is 2. The average molecular weight is 631 g/mol. The van der Waals surface area contributed by atoms with E-state index < -0.39 is 0 Å². The number of halogens is 1. The lowest BCUT2D eigenvalue weighted by Crippen LogP contribution is -2.53. The van der Waals surface area contributed by atoms with Crippen LogP contribution < -0.4 is 10.6 Å². The monoisotopic (exact) mass is 630 g/mol. The smallest absolute Gasteiger partial charge is 0.410 e. The van der Waals surface area contributed by atoms with Crippen molar-refractivity contribution < 1.29 is 19.1 Å². The summed E-state index contributed by atoms with van der Waals surface area (Å²) in [6, 6.07) is 5.97. The van der Waals surface area contributed by atoms with Crippen LogP contribution in [0.1, 0.15) is 44.9 Å². The molecule has 1 heterocycles.